The molecule has 2 aliphatic carbocycles. The summed E-state index contributed by atoms with van der Waals surface area (Å²) in [7, 11) is 0. The number of aliphatic carboxylic acids is 1. The number of rotatable bonds is 18. The summed E-state index contributed by atoms with van der Waals surface area (Å²) in [4.78, 5) is 34.9. The minimum absolute atomic E-state index is 0.0773. The molecule has 46 heavy (non-hydrogen) atoms. The van der Waals surface area contributed by atoms with Crippen molar-refractivity contribution in [3.8, 4) is 0 Å². The Morgan fingerprint density at radius 2 is 1.17 bits per heavy atom. The number of carboxylic acid groups (broad SMARTS) is 1. The summed E-state index contributed by atoms with van der Waals surface area (Å²) >= 11 is 0. The van der Waals surface area contributed by atoms with E-state index >= 15 is 0 Å². The molecular weight excluding hydrogens is 582 g/mol. The van der Waals surface area contributed by atoms with Crippen molar-refractivity contribution < 1.29 is 29.0 Å². The van der Waals surface area contributed by atoms with Crippen LogP contribution in [0.25, 0.3) is 0 Å². The maximum absolute atomic E-state index is 13.0. The highest BCUT2D eigenvalue weighted by Gasteiger charge is 2.37. The first kappa shape index (κ1) is 41.3. The Balaban J connectivity index is 0.00000249. The molecule has 0 radical (unpaired) electrons. The number of unbranched alkanes of at least 4 members (excludes halogenated alkanes) is 1. The van der Waals surface area contributed by atoms with Crippen LogP contribution in [-0.4, -0.2) is 68.4 Å². The van der Waals surface area contributed by atoms with Gasteiger partial charge in [-0.15, -0.1) is 0 Å². The summed E-state index contributed by atoms with van der Waals surface area (Å²) in [5, 5.41) is 13.3. The predicted molar refractivity (Wildman–Crippen MR) is 186 cm³/mol. The van der Waals surface area contributed by atoms with E-state index in [9.17, 15) is 9.59 Å². The number of hydrogen-bond acceptors (Lipinski definition) is 6. The van der Waals surface area contributed by atoms with Crippen molar-refractivity contribution in [2.45, 2.75) is 121 Å². The van der Waals surface area contributed by atoms with E-state index in [4.69, 9.17) is 25.1 Å². The van der Waals surface area contributed by atoms with E-state index in [2.05, 4.69) is 79.9 Å². The third-order valence-corrected chi connectivity index (χ3v) is 10.8. The lowest BCUT2D eigenvalue weighted by Crippen LogP contribution is -2.47. The highest BCUT2D eigenvalue weighted by molar-refractivity contribution is 5.87. The first-order chi connectivity index (χ1) is 21.4. The molecular formula is C37H63N3O6. The Labute approximate surface area is 278 Å². The van der Waals surface area contributed by atoms with Crippen LogP contribution in [0.4, 0.5) is 0 Å². The van der Waals surface area contributed by atoms with Crippen molar-refractivity contribution in [2.75, 3.05) is 39.5 Å². The van der Waals surface area contributed by atoms with Crippen LogP contribution in [0, 0.1) is 10.8 Å². The maximum atomic E-state index is 13.0. The van der Waals surface area contributed by atoms with Gasteiger partial charge in [0.05, 0.1) is 19.8 Å². The lowest BCUT2D eigenvalue weighted by Gasteiger charge is -2.29. The lowest BCUT2D eigenvalue weighted by molar-refractivity contribution is -0.134. The largest absolute Gasteiger partial charge is 0.481 e. The summed E-state index contributed by atoms with van der Waals surface area (Å²) in [6, 6.07) is -0.570. The van der Waals surface area contributed by atoms with E-state index in [0.29, 0.717) is 52.4 Å². The Kier molecular flexibility index (Phi) is 17.2. The van der Waals surface area contributed by atoms with Gasteiger partial charge in [0.2, 0.25) is 11.8 Å². The van der Waals surface area contributed by atoms with Gasteiger partial charge in [0.1, 0.15) is 6.04 Å². The summed E-state index contributed by atoms with van der Waals surface area (Å²) in [6.45, 7) is 26.2. The summed E-state index contributed by atoms with van der Waals surface area (Å²) in [6.07, 6.45) is 4.22. The van der Waals surface area contributed by atoms with Gasteiger partial charge < -0.3 is 30.9 Å². The average molecular weight is 646 g/mol. The number of ether oxygens (including phenoxy) is 2. The van der Waals surface area contributed by atoms with Crippen molar-refractivity contribution in [1.82, 2.24) is 10.6 Å². The minimum Gasteiger partial charge on any atom is -0.481 e. The van der Waals surface area contributed by atoms with Crippen molar-refractivity contribution in [3.63, 3.8) is 0 Å². The highest BCUT2D eigenvalue weighted by Crippen LogP contribution is 2.50. The van der Waals surface area contributed by atoms with Gasteiger partial charge in [-0.2, -0.15) is 0 Å². The fourth-order valence-electron chi connectivity index (χ4n) is 6.45. The number of nitrogens with one attached hydrogen (secondary N) is 2. The van der Waals surface area contributed by atoms with Crippen LogP contribution < -0.4 is 16.4 Å². The number of carbonyl (C=O) groups is 3. The molecule has 2 aliphatic rings. The highest BCUT2D eigenvalue weighted by atomic mass is 16.5. The first-order valence-electron chi connectivity index (χ1n) is 16.8. The molecule has 0 fully saturated rings. The molecule has 0 aromatic heterocycles. The number of nitrogens with two attached hydrogens (primary N) is 1. The van der Waals surface area contributed by atoms with Crippen LogP contribution in [-0.2, 0) is 23.9 Å². The van der Waals surface area contributed by atoms with Crippen molar-refractivity contribution in [3.05, 3.63) is 44.6 Å². The fourth-order valence-corrected chi connectivity index (χ4v) is 6.45. The molecule has 1 atom stereocenters. The van der Waals surface area contributed by atoms with Gasteiger partial charge in [-0.3, -0.25) is 14.4 Å². The molecule has 9 nitrogen and oxygen atoms in total. The SMILES string of the molecule is CC(=O)O.CC1=C(C)C(C)(CCOCCOCCNC(=O)[C@H](CCCCN)NC(=O)CCC2(C)C(C)=C(C)C(C)=C2C)C(C)=C1C. The third kappa shape index (κ3) is 11.2. The van der Waals surface area contributed by atoms with Crippen molar-refractivity contribution in [2.24, 2.45) is 16.6 Å². The number of allylic oxidation sites excluding steroid dienone is 8. The van der Waals surface area contributed by atoms with Gasteiger partial charge in [-0.1, -0.05) is 36.1 Å². The van der Waals surface area contributed by atoms with Crippen LogP contribution in [0.1, 0.15) is 115 Å². The molecule has 0 saturated heterocycles. The van der Waals surface area contributed by atoms with Gasteiger partial charge in [0, 0.05) is 37.3 Å². The second-order valence-electron chi connectivity index (χ2n) is 13.4. The number of amides is 2. The predicted octanol–water partition coefficient (Wildman–Crippen LogP) is 6.40. The van der Waals surface area contributed by atoms with Crippen LogP contribution in [0.2, 0.25) is 0 Å². The van der Waals surface area contributed by atoms with Gasteiger partial charge in [0.25, 0.3) is 5.97 Å². The van der Waals surface area contributed by atoms with Gasteiger partial charge in [-0.05, 0) is 116 Å². The van der Waals surface area contributed by atoms with E-state index in [-0.39, 0.29) is 22.6 Å². The average Bonchev–Trinajstić information content (AvgIpc) is 3.24. The normalized spacial score (nSPS) is 17.7. The van der Waals surface area contributed by atoms with E-state index < -0.39 is 12.0 Å². The Hall–Kier alpha value is -2.75. The number of carboxylic acids is 1. The van der Waals surface area contributed by atoms with Gasteiger partial charge in [-0.25, -0.2) is 0 Å². The standard InChI is InChI=1S/C35H59N3O4.C2H4O2/c1-23-24(2)28(6)34(9,27(23)5)15-14-32(39)38-31(13-11-12-17-36)33(40)37-18-20-42-22-21-41-19-16-35(10)29(7)25(3)26(4)30(35)8;1-2(3)4/h31H,11-22,36H2,1-10H3,(H,37,40)(H,38,39);1H3,(H,3,4)/t31-;/m0./s1. The third-order valence-electron chi connectivity index (χ3n) is 10.8. The molecule has 0 aromatic rings. The van der Waals surface area contributed by atoms with Crippen molar-refractivity contribution >= 4 is 17.8 Å². The Morgan fingerprint density at radius 3 is 1.63 bits per heavy atom. The van der Waals surface area contributed by atoms with Crippen LogP contribution in [0.3, 0.4) is 0 Å². The summed E-state index contributed by atoms with van der Waals surface area (Å²) < 4.78 is 11.6. The van der Waals surface area contributed by atoms with Crippen LogP contribution in [0.15, 0.2) is 44.6 Å². The summed E-state index contributed by atoms with van der Waals surface area (Å²) in [5.41, 5.74) is 16.7. The molecule has 0 unspecified atom stereocenters. The molecule has 0 spiro atoms. The van der Waals surface area contributed by atoms with Crippen molar-refractivity contribution in [1.29, 1.82) is 0 Å². The van der Waals surface area contributed by atoms with Crippen LogP contribution >= 0.6 is 0 Å². The molecule has 0 aromatic carbocycles. The quantitative estimate of drug-likeness (QED) is 0.127. The smallest absolute Gasteiger partial charge is 0.300 e. The maximum Gasteiger partial charge on any atom is 0.300 e. The molecule has 9 heteroatoms. The summed E-state index contributed by atoms with van der Waals surface area (Å²) in [5.74, 6) is -1.10. The first-order valence-corrected chi connectivity index (χ1v) is 16.8. The topological polar surface area (TPSA) is 140 Å². The fraction of sp³-hybridized carbons (Fsp3) is 0.703. The van der Waals surface area contributed by atoms with E-state index in [1.807, 2.05) is 0 Å². The zero-order valence-corrected chi connectivity index (χ0v) is 30.6. The molecule has 0 aliphatic heterocycles. The van der Waals surface area contributed by atoms with E-state index in [1.54, 1.807) is 0 Å². The van der Waals surface area contributed by atoms with Crippen LogP contribution in [0.5, 0.6) is 0 Å². The second-order valence-corrected chi connectivity index (χ2v) is 13.4. The van der Waals surface area contributed by atoms with E-state index in [0.717, 1.165) is 32.6 Å². The zero-order valence-electron chi connectivity index (χ0n) is 30.6. The number of hydrogen-bond donors (Lipinski definition) is 4. The van der Waals surface area contributed by atoms with E-state index in [1.165, 1.54) is 44.6 Å². The molecule has 0 saturated carbocycles. The second kappa shape index (κ2) is 19.2. The molecule has 2 amide bonds. The Bertz CT molecular complexity index is 1160. The molecule has 2 rings (SSSR count). The van der Waals surface area contributed by atoms with Gasteiger partial charge >= 0.3 is 0 Å². The molecule has 0 bridgehead atoms. The molecule has 0 heterocycles. The zero-order chi connectivity index (χ0) is 35.2. The minimum atomic E-state index is -0.833. The monoisotopic (exact) mass is 645 g/mol. The van der Waals surface area contributed by atoms with Gasteiger partial charge in [0.15, 0.2) is 0 Å². The molecule has 5 N–H and O–H groups in total. The number of carbonyl (C=O) groups excluding carboxylic acids is 2. The Morgan fingerprint density at radius 1 is 0.739 bits per heavy atom. The molecule has 262 valence electrons. The lowest BCUT2D eigenvalue weighted by atomic mass is 9.75.